The van der Waals surface area contributed by atoms with E-state index in [9.17, 15) is 26.7 Å². The lowest BCUT2D eigenvalue weighted by Crippen LogP contribution is -2.48. The summed E-state index contributed by atoms with van der Waals surface area (Å²) in [5.74, 6) is 0. The fourth-order valence-corrected chi connectivity index (χ4v) is 4.33. The van der Waals surface area contributed by atoms with Gasteiger partial charge >= 0.3 is 6.18 Å². The summed E-state index contributed by atoms with van der Waals surface area (Å²) in [6, 6.07) is 5.42. The zero-order valence-electron chi connectivity index (χ0n) is 10.9. The molecule has 1 aliphatic rings. The zero-order valence-corrected chi connectivity index (χ0v) is 13.3. The predicted molar refractivity (Wildman–Crippen MR) is 73.2 cm³/mol. The van der Waals surface area contributed by atoms with Crippen molar-refractivity contribution < 1.29 is 26.7 Å². The molecule has 1 atom stereocenters. The summed E-state index contributed by atoms with van der Waals surface area (Å²) in [6.07, 6.45) is -5.64. The first-order valence-corrected chi connectivity index (χ1v) is 8.23. The van der Waals surface area contributed by atoms with Gasteiger partial charge in [-0.2, -0.15) is 22.7 Å². The van der Waals surface area contributed by atoms with Crippen LogP contribution in [0.4, 0.5) is 13.2 Å². The van der Waals surface area contributed by atoms with Crippen molar-refractivity contribution in [3.63, 3.8) is 0 Å². The van der Waals surface area contributed by atoms with Gasteiger partial charge in [-0.15, -0.1) is 0 Å². The predicted octanol–water partition coefficient (Wildman–Crippen LogP) is 2.01. The Morgan fingerprint density at radius 3 is 2.50 bits per heavy atom. The van der Waals surface area contributed by atoms with Crippen molar-refractivity contribution in [3.05, 3.63) is 28.2 Å². The summed E-state index contributed by atoms with van der Waals surface area (Å²) in [6.45, 7) is -1.51. The smallest absolute Gasteiger partial charge is 0.379 e. The van der Waals surface area contributed by atoms with Gasteiger partial charge in [0.25, 0.3) is 0 Å². The second-order valence-corrected chi connectivity index (χ2v) is 7.76. The first kappa shape index (κ1) is 17.2. The second kappa shape index (κ2) is 5.49. The molecule has 1 heterocycles. The third-order valence-corrected chi connectivity index (χ3v) is 5.66. The molecule has 1 fully saturated rings. The molecule has 1 unspecified atom stereocenters. The number of nitrogens with zero attached hydrogens (tertiary/aromatic N) is 2. The normalized spacial score (nSPS) is 23.5. The summed E-state index contributed by atoms with van der Waals surface area (Å²) in [7, 11) is -4.23. The number of hydrogen-bond acceptors (Lipinski definition) is 4. The molecule has 10 heteroatoms. The molecule has 0 amide bonds. The zero-order chi connectivity index (χ0) is 16.8. The molecule has 22 heavy (non-hydrogen) atoms. The highest BCUT2D eigenvalue weighted by molar-refractivity contribution is 9.10. The molecule has 0 spiro atoms. The molecular formula is C12H10BrF3N2O3S. The minimum Gasteiger partial charge on any atom is -0.379 e. The lowest BCUT2D eigenvalue weighted by Gasteiger charge is -2.25. The number of alkyl halides is 3. The minimum atomic E-state index is -4.91. The second-order valence-electron chi connectivity index (χ2n) is 4.91. The maximum absolute atomic E-state index is 12.8. The maximum Gasteiger partial charge on any atom is 0.418 e. The number of sulfonamides is 1. The fraction of sp³-hybridized carbons (Fsp3) is 0.417. The Morgan fingerprint density at radius 1 is 1.36 bits per heavy atom. The van der Waals surface area contributed by atoms with E-state index in [2.05, 4.69) is 15.9 Å². The Bertz CT molecular complexity index is 745. The first-order chi connectivity index (χ1) is 9.99. The Morgan fingerprint density at radius 2 is 2.00 bits per heavy atom. The van der Waals surface area contributed by atoms with Gasteiger partial charge in [0.05, 0.1) is 23.1 Å². The number of benzene rings is 1. The van der Waals surface area contributed by atoms with Gasteiger partial charge in [-0.3, -0.25) is 0 Å². The van der Waals surface area contributed by atoms with Crippen LogP contribution in [0.5, 0.6) is 0 Å². The van der Waals surface area contributed by atoms with Crippen LogP contribution in [0.2, 0.25) is 0 Å². The highest BCUT2D eigenvalue weighted by Crippen LogP contribution is 2.39. The van der Waals surface area contributed by atoms with Crippen LogP contribution in [0, 0.1) is 11.3 Å². The Hall–Kier alpha value is -1.15. The Labute approximate surface area is 133 Å². The number of nitriles is 1. The van der Waals surface area contributed by atoms with Crippen LogP contribution in [-0.4, -0.2) is 42.7 Å². The monoisotopic (exact) mass is 398 g/mol. The molecule has 2 rings (SSSR count). The molecule has 1 aromatic rings. The SMILES string of the molecule is N#Cc1cc(Br)cc(S(=O)(=O)N2CCC(O)(C(F)(F)F)C2)c1. The van der Waals surface area contributed by atoms with Crippen molar-refractivity contribution in [2.24, 2.45) is 0 Å². The molecule has 0 aromatic heterocycles. The lowest BCUT2D eigenvalue weighted by atomic mass is 10.0. The molecule has 1 saturated heterocycles. The van der Waals surface area contributed by atoms with E-state index in [1.807, 2.05) is 0 Å². The number of aliphatic hydroxyl groups is 1. The first-order valence-electron chi connectivity index (χ1n) is 5.99. The van der Waals surface area contributed by atoms with Crippen LogP contribution >= 0.6 is 15.9 Å². The van der Waals surface area contributed by atoms with Gasteiger partial charge in [-0.05, 0) is 18.2 Å². The average Bonchev–Trinajstić information content (AvgIpc) is 2.82. The van der Waals surface area contributed by atoms with Gasteiger partial charge in [0.1, 0.15) is 0 Å². The van der Waals surface area contributed by atoms with E-state index < -0.39 is 41.3 Å². The van der Waals surface area contributed by atoms with Crippen molar-refractivity contribution in [3.8, 4) is 6.07 Å². The molecule has 0 bridgehead atoms. The molecular weight excluding hydrogens is 389 g/mol. The van der Waals surface area contributed by atoms with Crippen molar-refractivity contribution in [1.29, 1.82) is 5.26 Å². The molecule has 1 aromatic carbocycles. The summed E-state index contributed by atoms with van der Waals surface area (Å²) in [4.78, 5) is -0.301. The minimum absolute atomic E-state index is 0.0539. The van der Waals surface area contributed by atoms with E-state index in [-0.39, 0.29) is 10.5 Å². The van der Waals surface area contributed by atoms with E-state index in [1.54, 1.807) is 6.07 Å². The van der Waals surface area contributed by atoms with Gasteiger partial charge < -0.3 is 5.11 Å². The quantitative estimate of drug-likeness (QED) is 0.825. The van der Waals surface area contributed by atoms with Crippen LogP contribution in [-0.2, 0) is 10.0 Å². The van der Waals surface area contributed by atoms with Crippen LogP contribution in [0.15, 0.2) is 27.6 Å². The molecule has 0 saturated carbocycles. The Kier molecular flexibility index (Phi) is 4.29. The Balaban J connectivity index is 2.38. The van der Waals surface area contributed by atoms with Gasteiger partial charge in [0.2, 0.25) is 10.0 Å². The molecule has 1 aliphatic heterocycles. The summed E-state index contributed by atoms with van der Waals surface area (Å²) in [5, 5.41) is 18.4. The van der Waals surface area contributed by atoms with Crippen molar-refractivity contribution >= 4 is 26.0 Å². The van der Waals surface area contributed by atoms with E-state index in [1.165, 1.54) is 12.1 Å². The number of hydrogen-bond donors (Lipinski definition) is 1. The molecule has 1 N–H and O–H groups in total. The van der Waals surface area contributed by atoms with Crippen molar-refractivity contribution in [2.75, 3.05) is 13.1 Å². The molecule has 0 radical (unpaired) electrons. The standard InChI is InChI=1S/C12H10BrF3N2O3S/c13-9-3-8(6-17)4-10(5-9)22(20,21)18-2-1-11(19,7-18)12(14,15)16/h3-5,19H,1-2,7H2. The van der Waals surface area contributed by atoms with Crippen molar-refractivity contribution in [2.45, 2.75) is 23.1 Å². The van der Waals surface area contributed by atoms with Crippen LogP contribution in [0.25, 0.3) is 0 Å². The van der Waals surface area contributed by atoms with Crippen LogP contribution < -0.4 is 0 Å². The van der Waals surface area contributed by atoms with Gasteiger partial charge in [-0.25, -0.2) is 8.42 Å². The van der Waals surface area contributed by atoms with Gasteiger partial charge in [-0.1, -0.05) is 15.9 Å². The highest BCUT2D eigenvalue weighted by atomic mass is 79.9. The van der Waals surface area contributed by atoms with Crippen LogP contribution in [0.1, 0.15) is 12.0 Å². The van der Waals surface area contributed by atoms with E-state index >= 15 is 0 Å². The highest BCUT2D eigenvalue weighted by Gasteiger charge is 2.58. The fourth-order valence-electron chi connectivity index (χ4n) is 2.12. The van der Waals surface area contributed by atoms with Crippen LogP contribution in [0.3, 0.4) is 0 Å². The number of β-amino-alcohol motifs (C(OH)–C–C–N with tert-alkyl or cyclic N) is 1. The maximum atomic E-state index is 12.8. The number of rotatable bonds is 2. The molecule has 0 aliphatic carbocycles. The third-order valence-electron chi connectivity index (χ3n) is 3.38. The molecule has 5 nitrogen and oxygen atoms in total. The summed E-state index contributed by atoms with van der Waals surface area (Å²) < 4.78 is 64.0. The summed E-state index contributed by atoms with van der Waals surface area (Å²) in [5.41, 5.74) is -3.00. The third kappa shape index (κ3) is 2.99. The number of halogens is 4. The van der Waals surface area contributed by atoms with E-state index in [4.69, 9.17) is 5.26 Å². The van der Waals surface area contributed by atoms with Crippen molar-refractivity contribution in [1.82, 2.24) is 4.31 Å². The van der Waals surface area contributed by atoms with E-state index in [0.29, 0.717) is 8.78 Å². The topological polar surface area (TPSA) is 81.4 Å². The molecule has 120 valence electrons. The van der Waals surface area contributed by atoms with Gasteiger partial charge in [0, 0.05) is 17.4 Å². The average molecular weight is 399 g/mol. The van der Waals surface area contributed by atoms with Gasteiger partial charge in [0.15, 0.2) is 5.60 Å². The largest absolute Gasteiger partial charge is 0.418 e. The van der Waals surface area contributed by atoms with E-state index in [0.717, 1.165) is 6.07 Å². The lowest BCUT2D eigenvalue weighted by molar-refractivity contribution is -0.252. The summed E-state index contributed by atoms with van der Waals surface area (Å²) >= 11 is 3.05.